The second-order valence-electron chi connectivity index (χ2n) is 4.49. The highest BCUT2D eigenvalue weighted by Crippen LogP contribution is 2.20. The first-order valence-corrected chi connectivity index (χ1v) is 6.24. The van der Waals surface area contributed by atoms with Gasteiger partial charge in [-0.1, -0.05) is 12.1 Å². The van der Waals surface area contributed by atoms with E-state index in [4.69, 9.17) is 0 Å². The molecule has 0 saturated heterocycles. The highest BCUT2D eigenvalue weighted by molar-refractivity contribution is 5.94. The molecule has 116 valence electrons. The first-order valence-electron chi connectivity index (χ1n) is 6.24. The van der Waals surface area contributed by atoms with Gasteiger partial charge in [0.05, 0.1) is 18.2 Å². The first kappa shape index (κ1) is 16.0. The van der Waals surface area contributed by atoms with Crippen LogP contribution in [0.4, 0.5) is 17.6 Å². The Morgan fingerprint density at radius 3 is 2.18 bits per heavy atom. The average Bonchev–Trinajstić information content (AvgIpc) is 2.50. The number of nitrogens with one attached hydrogen (secondary N) is 1. The lowest BCUT2D eigenvalue weighted by molar-refractivity contribution is 0.0911. The molecule has 0 aliphatic carbocycles. The summed E-state index contributed by atoms with van der Waals surface area (Å²) in [5.74, 6) is -6.21. The molecule has 3 nitrogen and oxygen atoms in total. The van der Waals surface area contributed by atoms with Gasteiger partial charge in [0.25, 0.3) is 5.91 Å². The number of carbonyl (C=O) groups excluding carboxylic acids is 1. The van der Waals surface area contributed by atoms with Crippen LogP contribution in [0.15, 0.2) is 36.4 Å². The van der Waals surface area contributed by atoms with Gasteiger partial charge < -0.3 is 10.4 Å². The Labute approximate surface area is 123 Å². The van der Waals surface area contributed by atoms with Gasteiger partial charge >= 0.3 is 0 Å². The second-order valence-corrected chi connectivity index (χ2v) is 4.49. The minimum Gasteiger partial charge on any atom is -0.394 e. The minimum atomic E-state index is -1.65. The van der Waals surface area contributed by atoms with Gasteiger partial charge in [-0.05, 0) is 29.8 Å². The van der Waals surface area contributed by atoms with Crippen LogP contribution in [0.5, 0.6) is 0 Å². The summed E-state index contributed by atoms with van der Waals surface area (Å²) in [6, 6.07) is 5.20. The normalized spacial score (nSPS) is 12.0. The van der Waals surface area contributed by atoms with Gasteiger partial charge in [0.2, 0.25) is 0 Å². The van der Waals surface area contributed by atoms with Crippen LogP contribution in [0.3, 0.4) is 0 Å². The number of carbonyl (C=O) groups is 1. The molecule has 22 heavy (non-hydrogen) atoms. The number of rotatable bonds is 4. The predicted molar refractivity (Wildman–Crippen MR) is 70.0 cm³/mol. The van der Waals surface area contributed by atoms with Crippen molar-refractivity contribution in [1.82, 2.24) is 5.32 Å². The van der Waals surface area contributed by atoms with E-state index in [-0.39, 0.29) is 11.1 Å². The predicted octanol–water partition coefficient (Wildman–Crippen LogP) is 2.71. The number of hydrogen-bond donors (Lipinski definition) is 2. The molecule has 0 bridgehead atoms. The van der Waals surface area contributed by atoms with Crippen molar-refractivity contribution < 1.29 is 27.5 Å². The van der Waals surface area contributed by atoms with Gasteiger partial charge in [0, 0.05) is 0 Å². The number of amides is 1. The third-order valence-corrected chi connectivity index (χ3v) is 3.01. The van der Waals surface area contributed by atoms with Crippen molar-refractivity contribution in [2.45, 2.75) is 6.04 Å². The van der Waals surface area contributed by atoms with Crippen molar-refractivity contribution in [2.24, 2.45) is 0 Å². The van der Waals surface area contributed by atoms with Crippen molar-refractivity contribution in [3.63, 3.8) is 0 Å². The third kappa shape index (κ3) is 3.25. The summed E-state index contributed by atoms with van der Waals surface area (Å²) in [5.41, 5.74) is -0.465. The first-order chi connectivity index (χ1) is 10.4. The van der Waals surface area contributed by atoms with Crippen molar-refractivity contribution >= 4 is 5.91 Å². The molecule has 2 aromatic carbocycles. The van der Waals surface area contributed by atoms with E-state index < -0.39 is 41.8 Å². The lowest BCUT2D eigenvalue weighted by Gasteiger charge is -2.17. The van der Waals surface area contributed by atoms with E-state index in [9.17, 15) is 27.5 Å². The van der Waals surface area contributed by atoms with Crippen molar-refractivity contribution in [3.8, 4) is 0 Å². The molecular weight excluding hydrogens is 302 g/mol. The molecule has 1 unspecified atom stereocenters. The van der Waals surface area contributed by atoms with Crippen LogP contribution in [0.1, 0.15) is 22.0 Å². The monoisotopic (exact) mass is 313 g/mol. The highest BCUT2D eigenvalue weighted by atomic mass is 19.2. The zero-order valence-corrected chi connectivity index (χ0v) is 11.1. The summed E-state index contributed by atoms with van der Waals surface area (Å²) in [6.07, 6.45) is 0. The maximum Gasteiger partial charge on any atom is 0.254 e. The molecule has 0 heterocycles. The van der Waals surface area contributed by atoms with Crippen LogP contribution in [0.25, 0.3) is 0 Å². The number of hydrogen-bond acceptors (Lipinski definition) is 2. The Morgan fingerprint density at radius 2 is 1.64 bits per heavy atom. The topological polar surface area (TPSA) is 49.3 Å². The summed E-state index contributed by atoms with van der Waals surface area (Å²) in [7, 11) is 0. The molecule has 0 spiro atoms. The van der Waals surface area contributed by atoms with E-state index in [2.05, 4.69) is 5.32 Å². The molecule has 2 N–H and O–H groups in total. The van der Waals surface area contributed by atoms with Crippen LogP contribution < -0.4 is 5.32 Å². The minimum absolute atomic E-state index is 0.177. The standard InChI is InChI=1S/C15H11F4NO2/c16-10-4-2-1-3-9(10)15(22)20-13(7-21)8-5-11(17)14(19)12(18)6-8/h1-6,13,21H,7H2,(H,20,22). The lowest BCUT2D eigenvalue weighted by Crippen LogP contribution is -2.31. The van der Waals surface area contributed by atoms with Gasteiger partial charge in [-0.25, -0.2) is 17.6 Å². The van der Waals surface area contributed by atoms with Crippen LogP contribution in [0, 0.1) is 23.3 Å². The zero-order chi connectivity index (χ0) is 16.3. The number of aliphatic hydroxyl groups is 1. The maximum atomic E-state index is 13.5. The average molecular weight is 313 g/mol. The summed E-state index contributed by atoms with van der Waals surface area (Å²) in [6.45, 7) is -0.704. The van der Waals surface area contributed by atoms with E-state index in [0.717, 1.165) is 6.07 Å². The van der Waals surface area contributed by atoms with Crippen molar-refractivity contribution in [1.29, 1.82) is 0 Å². The molecular formula is C15H11F4NO2. The molecule has 0 aromatic heterocycles. The Morgan fingerprint density at radius 1 is 1.05 bits per heavy atom. The van der Waals surface area contributed by atoms with Crippen molar-refractivity contribution in [3.05, 3.63) is 70.8 Å². The van der Waals surface area contributed by atoms with E-state index in [1.165, 1.54) is 18.2 Å². The summed E-state index contributed by atoms with van der Waals surface area (Å²) in [5, 5.41) is 11.5. The van der Waals surface area contributed by atoms with Gasteiger partial charge in [0.15, 0.2) is 17.5 Å². The third-order valence-electron chi connectivity index (χ3n) is 3.01. The molecule has 2 rings (SSSR count). The second kappa shape index (κ2) is 6.57. The molecule has 1 amide bonds. The van der Waals surface area contributed by atoms with Crippen LogP contribution >= 0.6 is 0 Å². The van der Waals surface area contributed by atoms with Gasteiger partial charge in [0.1, 0.15) is 5.82 Å². The van der Waals surface area contributed by atoms with E-state index in [1.807, 2.05) is 0 Å². The smallest absolute Gasteiger partial charge is 0.254 e. The molecule has 0 aliphatic rings. The Hall–Kier alpha value is -2.41. The molecule has 1 atom stereocenters. The SMILES string of the molecule is O=C(NC(CO)c1cc(F)c(F)c(F)c1)c1ccccc1F. The molecule has 0 radical (unpaired) electrons. The van der Waals surface area contributed by atoms with E-state index >= 15 is 0 Å². The summed E-state index contributed by atoms with van der Waals surface area (Å²) in [4.78, 5) is 11.9. The summed E-state index contributed by atoms with van der Waals surface area (Å²) < 4.78 is 52.8. The fourth-order valence-electron chi connectivity index (χ4n) is 1.89. The zero-order valence-electron chi connectivity index (χ0n) is 11.1. The maximum absolute atomic E-state index is 13.5. The van der Waals surface area contributed by atoms with E-state index in [1.54, 1.807) is 0 Å². The van der Waals surface area contributed by atoms with E-state index in [0.29, 0.717) is 12.1 Å². The van der Waals surface area contributed by atoms with Crippen LogP contribution in [-0.2, 0) is 0 Å². The van der Waals surface area contributed by atoms with Gasteiger partial charge in [-0.2, -0.15) is 0 Å². The fraction of sp³-hybridized carbons (Fsp3) is 0.133. The van der Waals surface area contributed by atoms with Crippen LogP contribution in [-0.4, -0.2) is 17.6 Å². The van der Waals surface area contributed by atoms with Crippen LogP contribution in [0.2, 0.25) is 0 Å². The van der Waals surface area contributed by atoms with Gasteiger partial charge in [-0.3, -0.25) is 4.79 Å². The Bertz CT molecular complexity index is 683. The molecule has 0 saturated carbocycles. The lowest BCUT2D eigenvalue weighted by atomic mass is 10.1. The quantitative estimate of drug-likeness (QED) is 0.673. The summed E-state index contributed by atoms with van der Waals surface area (Å²) >= 11 is 0. The molecule has 0 fully saturated rings. The molecule has 0 aliphatic heterocycles. The Kier molecular flexibility index (Phi) is 4.77. The highest BCUT2D eigenvalue weighted by Gasteiger charge is 2.20. The Balaban J connectivity index is 2.26. The molecule has 2 aromatic rings. The van der Waals surface area contributed by atoms with Gasteiger partial charge in [-0.15, -0.1) is 0 Å². The number of halogens is 4. The number of benzene rings is 2. The molecule has 7 heteroatoms. The number of aliphatic hydroxyl groups excluding tert-OH is 1. The largest absolute Gasteiger partial charge is 0.394 e. The fourth-order valence-corrected chi connectivity index (χ4v) is 1.89. The van der Waals surface area contributed by atoms with Crippen molar-refractivity contribution in [2.75, 3.05) is 6.61 Å².